The van der Waals surface area contributed by atoms with Crippen LogP contribution in [0.5, 0.6) is 0 Å². The van der Waals surface area contributed by atoms with Gasteiger partial charge in [-0.15, -0.1) is 0 Å². The SMILES string of the molecule is CC1CN(C(=O)c2ccccc2)CCN1C(O)C(=O)c1c[nH]c2c(-c3cccc(N)n3)nccc12. The highest BCUT2D eigenvalue weighted by molar-refractivity contribution is 6.11. The number of nitrogens with zero attached hydrogens (tertiary/aromatic N) is 4. The van der Waals surface area contributed by atoms with E-state index in [1.54, 1.807) is 58.6 Å². The van der Waals surface area contributed by atoms with Crippen LogP contribution < -0.4 is 5.73 Å². The molecule has 1 amide bonds. The Hall–Kier alpha value is -4.08. The number of rotatable bonds is 5. The van der Waals surface area contributed by atoms with Gasteiger partial charge >= 0.3 is 0 Å². The molecule has 2 unspecified atom stereocenters. The Kier molecular flexibility index (Phi) is 6.02. The monoisotopic (exact) mass is 470 g/mol. The number of aliphatic hydroxyl groups excluding tert-OH is 1. The fourth-order valence-corrected chi connectivity index (χ4v) is 4.61. The molecule has 178 valence electrons. The van der Waals surface area contributed by atoms with E-state index in [4.69, 9.17) is 5.73 Å². The van der Waals surface area contributed by atoms with Crippen molar-refractivity contribution in [2.45, 2.75) is 19.2 Å². The number of nitrogens with one attached hydrogen (secondary N) is 1. The van der Waals surface area contributed by atoms with E-state index in [9.17, 15) is 14.7 Å². The molecule has 0 saturated carbocycles. The third kappa shape index (κ3) is 4.27. The number of piperazine rings is 1. The molecule has 2 atom stereocenters. The van der Waals surface area contributed by atoms with E-state index in [0.717, 1.165) is 0 Å². The fourth-order valence-electron chi connectivity index (χ4n) is 4.61. The number of carbonyl (C=O) groups is 2. The van der Waals surface area contributed by atoms with Gasteiger partial charge in [-0.1, -0.05) is 24.3 Å². The number of fused-ring (bicyclic) bond motifs is 1. The highest BCUT2D eigenvalue weighted by atomic mass is 16.3. The van der Waals surface area contributed by atoms with E-state index in [1.165, 1.54) is 0 Å². The Balaban J connectivity index is 1.35. The summed E-state index contributed by atoms with van der Waals surface area (Å²) in [7, 11) is 0. The van der Waals surface area contributed by atoms with Crippen molar-refractivity contribution < 1.29 is 14.7 Å². The number of aliphatic hydroxyl groups is 1. The molecule has 1 aliphatic rings. The summed E-state index contributed by atoms with van der Waals surface area (Å²) in [5.74, 6) is -0.0909. The molecule has 1 fully saturated rings. The number of nitrogens with two attached hydrogens (primary N) is 1. The standard InChI is InChI=1S/C26H26N6O3/c1-16-15-31(25(34)17-6-3-2-4-7-17)12-13-32(16)26(35)24(33)19-14-29-22-18(19)10-11-28-23(22)20-8-5-9-21(27)30-20/h2-11,14,16,26,29,35H,12-13,15H2,1H3,(H2,27,30). The Labute approximate surface area is 202 Å². The zero-order valence-electron chi connectivity index (χ0n) is 19.3. The number of H-pyrrole nitrogens is 1. The highest BCUT2D eigenvalue weighted by Crippen LogP contribution is 2.28. The van der Waals surface area contributed by atoms with Gasteiger partial charge in [-0.05, 0) is 37.3 Å². The van der Waals surface area contributed by atoms with Crippen LogP contribution >= 0.6 is 0 Å². The lowest BCUT2D eigenvalue weighted by molar-refractivity contribution is -0.0333. The van der Waals surface area contributed by atoms with Crippen LogP contribution in [0.2, 0.25) is 0 Å². The average Bonchev–Trinajstić information content (AvgIpc) is 3.32. The maximum atomic E-state index is 13.4. The van der Waals surface area contributed by atoms with Gasteiger partial charge < -0.3 is 20.7 Å². The van der Waals surface area contributed by atoms with Crippen molar-refractivity contribution in [2.75, 3.05) is 25.4 Å². The van der Waals surface area contributed by atoms with E-state index in [2.05, 4.69) is 15.0 Å². The van der Waals surface area contributed by atoms with Crippen LogP contribution in [-0.2, 0) is 0 Å². The molecule has 1 aliphatic heterocycles. The minimum Gasteiger partial charge on any atom is -0.384 e. The summed E-state index contributed by atoms with van der Waals surface area (Å²) >= 11 is 0. The number of amides is 1. The summed E-state index contributed by atoms with van der Waals surface area (Å²) in [6.07, 6.45) is 1.86. The van der Waals surface area contributed by atoms with Crippen LogP contribution in [0, 0.1) is 0 Å². The van der Waals surface area contributed by atoms with Crippen molar-refractivity contribution in [3.63, 3.8) is 0 Å². The summed E-state index contributed by atoms with van der Waals surface area (Å²) < 4.78 is 0. The second-order valence-electron chi connectivity index (χ2n) is 8.67. The number of hydrogen-bond donors (Lipinski definition) is 3. The van der Waals surface area contributed by atoms with Crippen molar-refractivity contribution >= 4 is 28.4 Å². The third-order valence-electron chi connectivity index (χ3n) is 6.42. The fraction of sp³-hybridized carbons (Fsp3) is 0.231. The molecule has 4 N–H and O–H groups in total. The highest BCUT2D eigenvalue weighted by Gasteiger charge is 2.35. The van der Waals surface area contributed by atoms with Gasteiger partial charge in [0.25, 0.3) is 5.91 Å². The largest absolute Gasteiger partial charge is 0.384 e. The first-order valence-electron chi connectivity index (χ1n) is 11.5. The third-order valence-corrected chi connectivity index (χ3v) is 6.42. The molecule has 1 saturated heterocycles. The number of benzene rings is 1. The van der Waals surface area contributed by atoms with Crippen LogP contribution in [0.25, 0.3) is 22.3 Å². The normalized spacial score (nSPS) is 17.4. The summed E-state index contributed by atoms with van der Waals surface area (Å²) in [6, 6.07) is 15.9. The number of pyridine rings is 2. The first kappa shape index (κ1) is 22.7. The molecule has 1 aromatic carbocycles. The van der Waals surface area contributed by atoms with Crippen molar-refractivity contribution in [3.8, 4) is 11.4 Å². The van der Waals surface area contributed by atoms with Gasteiger partial charge in [0.15, 0.2) is 6.23 Å². The molecule has 0 spiro atoms. The maximum absolute atomic E-state index is 13.4. The number of carbonyl (C=O) groups excluding carboxylic acids is 2. The second kappa shape index (κ2) is 9.28. The van der Waals surface area contributed by atoms with Crippen molar-refractivity contribution in [3.05, 3.63) is 78.1 Å². The molecule has 5 rings (SSSR count). The van der Waals surface area contributed by atoms with E-state index in [-0.39, 0.29) is 11.9 Å². The smallest absolute Gasteiger partial charge is 0.253 e. The molecule has 3 aromatic heterocycles. The van der Waals surface area contributed by atoms with E-state index < -0.39 is 12.0 Å². The van der Waals surface area contributed by atoms with Crippen molar-refractivity contribution in [1.29, 1.82) is 0 Å². The quantitative estimate of drug-likeness (QED) is 0.382. The number of anilines is 1. The number of hydrogen-bond acceptors (Lipinski definition) is 7. The molecule has 0 bridgehead atoms. The van der Waals surface area contributed by atoms with Crippen LogP contribution in [0.3, 0.4) is 0 Å². The van der Waals surface area contributed by atoms with Gasteiger partial charge in [0.2, 0.25) is 5.78 Å². The van der Waals surface area contributed by atoms with Crippen LogP contribution in [0.15, 0.2) is 67.0 Å². The van der Waals surface area contributed by atoms with E-state index in [1.807, 2.05) is 25.1 Å². The molecule has 4 aromatic rings. The van der Waals surface area contributed by atoms with E-state index >= 15 is 0 Å². The molecule has 0 radical (unpaired) electrons. The topological polar surface area (TPSA) is 128 Å². The molecule has 9 nitrogen and oxygen atoms in total. The zero-order chi connectivity index (χ0) is 24.5. The Morgan fingerprint density at radius 2 is 1.91 bits per heavy atom. The summed E-state index contributed by atoms with van der Waals surface area (Å²) in [4.78, 5) is 41.5. The first-order chi connectivity index (χ1) is 16.9. The van der Waals surface area contributed by atoms with Gasteiger partial charge in [-0.3, -0.25) is 19.5 Å². The molecular formula is C26H26N6O3. The lowest BCUT2D eigenvalue weighted by Crippen LogP contribution is -2.58. The summed E-state index contributed by atoms with van der Waals surface area (Å²) in [5.41, 5.74) is 8.63. The Morgan fingerprint density at radius 3 is 2.66 bits per heavy atom. The van der Waals surface area contributed by atoms with Gasteiger partial charge in [0.1, 0.15) is 11.5 Å². The average molecular weight is 471 g/mol. The number of Topliss-reactive ketones (excluding diaryl/α,β-unsaturated/α-hetero) is 1. The van der Waals surface area contributed by atoms with E-state index in [0.29, 0.717) is 58.9 Å². The van der Waals surface area contributed by atoms with Crippen molar-refractivity contribution in [1.82, 2.24) is 24.8 Å². The predicted octanol–water partition coefficient (Wildman–Crippen LogP) is 2.55. The van der Waals surface area contributed by atoms with Crippen LogP contribution in [0.1, 0.15) is 27.6 Å². The summed E-state index contributed by atoms with van der Waals surface area (Å²) in [5, 5.41) is 11.7. The Bertz CT molecular complexity index is 1390. The molecule has 0 aliphatic carbocycles. The lowest BCUT2D eigenvalue weighted by atomic mass is 10.0. The molecule has 4 heterocycles. The van der Waals surface area contributed by atoms with Gasteiger partial charge in [-0.25, -0.2) is 4.98 Å². The van der Waals surface area contributed by atoms with Gasteiger partial charge in [0, 0.05) is 54.6 Å². The lowest BCUT2D eigenvalue weighted by Gasteiger charge is -2.41. The zero-order valence-corrected chi connectivity index (χ0v) is 19.3. The predicted molar refractivity (Wildman–Crippen MR) is 133 cm³/mol. The number of aromatic amines is 1. The maximum Gasteiger partial charge on any atom is 0.253 e. The molecular weight excluding hydrogens is 444 g/mol. The van der Waals surface area contributed by atoms with Gasteiger partial charge in [0.05, 0.1) is 11.2 Å². The van der Waals surface area contributed by atoms with Crippen LogP contribution in [0.4, 0.5) is 5.82 Å². The van der Waals surface area contributed by atoms with Crippen molar-refractivity contribution in [2.24, 2.45) is 0 Å². The summed E-state index contributed by atoms with van der Waals surface area (Å²) in [6.45, 7) is 3.13. The number of nitrogen functional groups attached to an aromatic ring is 1. The molecule has 35 heavy (non-hydrogen) atoms. The first-order valence-corrected chi connectivity index (χ1v) is 11.5. The Morgan fingerprint density at radius 1 is 1.11 bits per heavy atom. The van der Waals surface area contributed by atoms with Crippen LogP contribution in [-0.4, -0.2) is 73.5 Å². The molecule has 9 heteroatoms. The minimum atomic E-state index is -1.33. The van der Waals surface area contributed by atoms with Gasteiger partial charge in [-0.2, -0.15) is 0 Å². The number of aromatic nitrogens is 3. The second-order valence-corrected chi connectivity index (χ2v) is 8.67. The minimum absolute atomic E-state index is 0.0512. The number of ketones is 1.